The van der Waals surface area contributed by atoms with Gasteiger partial charge in [-0.1, -0.05) is 23.5 Å². The van der Waals surface area contributed by atoms with Gasteiger partial charge in [-0.2, -0.15) is 0 Å². The molecule has 1 fully saturated rings. The fraction of sp³-hybridized carbons (Fsp3) is 0.318. The maximum absolute atomic E-state index is 11.0. The lowest BCUT2D eigenvalue weighted by atomic mass is 10.0. The minimum absolute atomic E-state index is 0.0324. The number of thiazole rings is 1. The first-order valence-corrected chi connectivity index (χ1v) is 11.0. The molecule has 1 aromatic heterocycles. The van der Waals surface area contributed by atoms with E-state index in [2.05, 4.69) is 46.3 Å². The molecule has 1 aliphatic heterocycles. The molecule has 0 unspecified atom stereocenters. The van der Waals surface area contributed by atoms with E-state index in [1.165, 1.54) is 42.0 Å². The van der Waals surface area contributed by atoms with Gasteiger partial charge in [0.2, 0.25) is 0 Å². The van der Waals surface area contributed by atoms with Crippen LogP contribution in [0.4, 0.5) is 28.0 Å². The van der Waals surface area contributed by atoms with Gasteiger partial charge in [0.25, 0.3) is 5.69 Å². The number of nitrogens with two attached hydrogens (primary N) is 1. The molecular formula is C22H26N6O2S. The van der Waals surface area contributed by atoms with E-state index in [0.29, 0.717) is 27.4 Å². The highest BCUT2D eigenvalue weighted by molar-refractivity contribution is 7.19. The highest BCUT2D eigenvalue weighted by Crippen LogP contribution is 2.37. The average Bonchev–Trinajstić information content (AvgIpc) is 3.14. The molecule has 2 heterocycles. The molecule has 0 radical (unpaired) electrons. The lowest BCUT2D eigenvalue weighted by Crippen LogP contribution is -2.41. The van der Waals surface area contributed by atoms with Gasteiger partial charge in [0.15, 0.2) is 5.13 Å². The Bertz CT molecular complexity index is 1060. The molecule has 2 aromatic carbocycles. The van der Waals surface area contributed by atoms with Crippen LogP contribution in [0, 0.1) is 10.1 Å². The molecule has 0 spiro atoms. The van der Waals surface area contributed by atoms with Crippen molar-refractivity contribution in [1.82, 2.24) is 9.88 Å². The third kappa shape index (κ3) is 4.78. The maximum Gasteiger partial charge on any atom is 0.270 e. The minimum Gasteiger partial charge on any atom is -0.382 e. The Morgan fingerprint density at radius 3 is 2.55 bits per heavy atom. The van der Waals surface area contributed by atoms with Crippen molar-refractivity contribution in [3.05, 3.63) is 58.6 Å². The number of anilines is 4. The SMILES string of the molecule is CN(C)C1CCN(c2ccc(Nc3nc(N)c(-c4cccc([N+](=O)[O-])c4)s3)cc2)CC1. The molecule has 162 valence electrons. The molecule has 9 heteroatoms. The summed E-state index contributed by atoms with van der Waals surface area (Å²) in [4.78, 5) is 20.5. The monoisotopic (exact) mass is 438 g/mol. The minimum atomic E-state index is -0.412. The molecule has 4 rings (SSSR count). The number of nitrogens with zero attached hydrogens (tertiary/aromatic N) is 4. The van der Waals surface area contributed by atoms with Crippen molar-refractivity contribution in [3.8, 4) is 10.4 Å². The fourth-order valence-electron chi connectivity index (χ4n) is 3.87. The predicted octanol–water partition coefficient (Wildman–Crippen LogP) is 4.57. The first kappa shape index (κ1) is 21.1. The molecule has 0 amide bonds. The smallest absolute Gasteiger partial charge is 0.270 e. The van der Waals surface area contributed by atoms with Gasteiger partial charge in [-0.3, -0.25) is 10.1 Å². The van der Waals surface area contributed by atoms with Gasteiger partial charge in [-0.05, 0) is 51.2 Å². The fourth-order valence-corrected chi connectivity index (χ4v) is 4.77. The Kier molecular flexibility index (Phi) is 6.06. The number of benzene rings is 2. The molecule has 0 saturated carbocycles. The number of hydrogen-bond acceptors (Lipinski definition) is 8. The van der Waals surface area contributed by atoms with Crippen LogP contribution in [0.3, 0.4) is 0 Å². The molecule has 3 aromatic rings. The predicted molar refractivity (Wildman–Crippen MR) is 127 cm³/mol. The zero-order chi connectivity index (χ0) is 22.0. The Morgan fingerprint density at radius 1 is 1.19 bits per heavy atom. The largest absolute Gasteiger partial charge is 0.382 e. The standard InChI is InChI=1S/C22H26N6O2S/c1-26(2)17-10-12-27(13-11-17)18-8-6-16(7-9-18)24-22-25-21(23)20(31-22)15-4-3-5-19(14-15)28(29)30/h3-9,14,17H,10-13,23H2,1-2H3,(H,24,25). The number of nitro groups is 1. The first-order chi connectivity index (χ1) is 14.9. The number of hydrogen-bond donors (Lipinski definition) is 2. The molecule has 0 bridgehead atoms. The number of aromatic nitrogens is 1. The van der Waals surface area contributed by atoms with Crippen molar-refractivity contribution in [1.29, 1.82) is 0 Å². The zero-order valence-electron chi connectivity index (χ0n) is 17.6. The third-order valence-electron chi connectivity index (χ3n) is 5.65. The van der Waals surface area contributed by atoms with Crippen LogP contribution in [0.15, 0.2) is 48.5 Å². The van der Waals surface area contributed by atoms with Gasteiger partial charge in [-0.25, -0.2) is 4.98 Å². The van der Waals surface area contributed by atoms with Gasteiger partial charge in [0.1, 0.15) is 5.82 Å². The molecule has 8 nitrogen and oxygen atoms in total. The van der Waals surface area contributed by atoms with Crippen LogP contribution in [0.2, 0.25) is 0 Å². The van der Waals surface area contributed by atoms with E-state index in [0.717, 1.165) is 18.8 Å². The number of non-ortho nitro benzene ring substituents is 1. The second-order valence-corrected chi connectivity index (χ2v) is 8.89. The second kappa shape index (κ2) is 8.91. The van der Waals surface area contributed by atoms with E-state index in [1.54, 1.807) is 12.1 Å². The summed E-state index contributed by atoms with van der Waals surface area (Å²) in [5.41, 5.74) is 8.95. The topological polar surface area (TPSA) is 101 Å². The normalized spacial score (nSPS) is 14.7. The number of piperidine rings is 1. The van der Waals surface area contributed by atoms with Crippen LogP contribution >= 0.6 is 11.3 Å². The summed E-state index contributed by atoms with van der Waals surface area (Å²) in [6.07, 6.45) is 2.34. The molecule has 0 atom stereocenters. The van der Waals surface area contributed by atoms with Gasteiger partial charge in [0, 0.05) is 48.2 Å². The Hall–Kier alpha value is -3.17. The molecular weight excluding hydrogens is 412 g/mol. The van der Waals surface area contributed by atoms with Crippen molar-refractivity contribution >= 4 is 39.3 Å². The van der Waals surface area contributed by atoms with Crippen molar-refractivity contribution < 1.29 is 4.92 Å². The summed E-state index contributed by atoms with van der Waals surface area (Å²) in [6, 6.07) is 15.4. The van der Waals surface area contributed by atoms with Crippen LogP contribution in [-0.4, -0.2) is 48.0 Å². The van der Waals surface area contributed by atoms with E-state index >= 15 is 0 Å². The average molecular weight is 439 g/mol. The van der Waals surface area contributed by atoms with Gasteiger partial charge in [-0.15, -0.1) is 0 Å². The van der Waals surface area contributed by atoms with Crippen molar-refractivity contribution in [2.45, 2.75) is 18.9 Å². The van der Waals surface area contributed by atoms with E-state index < -0.39 is 4.92 Å². The van der Waals surface area contributed by atoms with E-state index in [4.69, 9.17) is 5.73 Å². The summed E-state index contributed by atoms with van der Waals surface area (Å²) in [6.45, 7) is 2.12. The quantitative estimate of drug-likeness (QED) is 0.429. The summed E-state index contributed by atoms with van der Waals surface area (Å²) in [5, 5.41) is 15.0. The van der Waals surface area contributed by atoms with Crippen LogP contribution in [0.25, 0.3) is 10.4 Å². The van der Waals surface area contributed by atoms with Crippen LogP contribution < -0.4 is 16.0 Å². The summed E-state index contributed by atoms with van der Waals surface area (Å²) in [7, 11) is 4.30. The highest BCUT2D eigenvalue weighted by Gasteiger charge is 2.20. The summed E-state index contributed by atoms with van der Waals surface area (Å²) in [5.74, 6) is 0.355. The highest BCUT2D eigenvalue weighted by atomic mass is 32.1. The molecule has 3 N–H and O–H groups in total. The second-order valence-electron chi connectivity index (χ2n) is 7.89. The lowest BCUT2D eigenvalue weighted by Gasteiger charge is -2.36. The number of nitro benzene ring substituents is 1. The van der Waals surface area contributed by atoms with Crippen molar-refractivity contribution in [2.75, 3.05) is 43.1 Å². The van der Waals surface area contributed by atoms with Crippen LogP contribution in [-0.2, 0) is 0 Å². The Balaban J connectivity index is 1.44. The number of rotatable bonds is 6. The van der Waals surface area contributed by atoms with Crippen LogP contribution in [0.5, 0.6) is 0 Å². The Morgan fingerprint density at radius 2 is 1.90 bits per heavy atom. The number of nitrogens with one attached hydrogen (secondary N) is 1. The van der Waals surface area contributed by atoms with E-state index in [9.17, 15) is 10.1 Å². The third-order valence-corrected chi connectivity index (χ3v) is 6.69. The molecule has 31 heavy (non-hydrogen) atoms. The summed E-state index contributed by atoms with van der Waals surface area (Å²) >= 11 is 1.38. The molecule has 0 aliphatic carbocycles. The van der Waals surface area contributed by atoms with E-state index in [-0.39, 0.29) is 5.69 Å². The van der Waals surface area contributed by atoms with Crippen molar-refractivity contribution in [2.24, 2.45) is 0 Å². The number of nitrogen functional groups attached to an aromatic ring is 1. The Labute approximate surface area is 185 Å². The van der Waals surface area contributed by atoms with Crippen molar-refractivity contribution in [3.63, 3.8) is 0 Å². The van der Waals surface area contributed by atoms with E-state index in [1.807, 2.05) is 12.1 Å². The zero-order valence-corrected chi connectivity index (χ0v) is 18.4. The molecule has 1 saturated heterocycles. The maximum atomic E-state index is 11.0. The summed E-state index contributed by atoms with van der Waals surface area (Å²) < 4.78 is 0. The van der Waals surface area contributed by atoms with Crippen LogP contribution in [0.1, 0.15) is 12.8 Å². The van der Waals surface area contributed by atoms with Gasteiger partial charge >= 0.3 is 0 Å². The van der Waals surface area contributed by atoms with Gasteiger partial charge in [0.05, 0.1) is 9.80 Å². The lowest BCUT2D eigenvalue weighted by molar-refractivity contribution is -0.384. The van der Waals surface area contributed by atoms with Gasteiger partial charge < -0.3 is 20.9 Å². The molecule has 1 aliphatic rings. The first-order valence-electron chi connectivity index (χ1n) is 10.2.